The van der Waals surface area contributed by atoms with E-state index in [1.54, 1.807) is 6.07 Å². The van der Waals surface area contributed by atoms with Crippen LogP contribution in [0.25, 0.3) is 21.9 Å². The van der Waals surface area contributed by atoms with E-state index in [1.165, 1.54) is 0 Å². The summed E-state index contributed by atoms with van der Waals surface area (Å²) in [5, 5.41) is 4.99. The van der Waals surface area contributed by atoms with E-state index < -0.39 is 0 Å². The molecule has 3 N–H and O–H groups in total. The second kappa shape index (κ2) is 4.36. The zero-order valence-electron chi connectivity index (χ0n) is 10.8. The highest BCUT2D eigenvalue weighted by Gasteiger charge is 2.21. The summed E-state index contributed by atoms with van der Waals surface area (Å²) in [6, 6.07) is 7.42. The fourth-order valence-corrected chi connectivity index (χ4v) is 3.30. The second-order valence-electron chi connectivity index (χ2n) is 5.34. The molecule has 1 aromatic carbocycles. The first-order valence-corrected chi connectivity index (χ1v) is 7.15. The number of rotatable bonds is 1. The number of fused-ring (bicyclic) bond motifs is 3. The van der Waals surface area contributed by atoms with E-state index in [0.717, 1.165) is 47.0 Å². The molecule has 102 valence electrons. The van der Waals surface area contributed by atoms with E-state index in [-0.39, 0.29) is 5.56 Å². The van der Waals surface area contributed by atoms with Gasteiger partial charge in [-0.15, -0.1) is 0 Å². The van der Waals surface area contributed by atoms with Crippen LogP contribution in [0.5, 0.6) is 0 Å². The molecule has 0 radical (unpaired) electrons. The summed E-state index contributed by atoms with van der Waals surface area (Å²) in [7, 11) is 0. The lowest BCUT2D eigenvalue weighted by Crippen LogP contribution is -2.12. The molecule has 4 rings (SSSR count). The molecule has 3 heterocycles. The van der Waals surface area contributed by atoms with Crippen LogP contribution < -0.4 is 10.9 Å². The minimum absolute atomic E-state index is 0.0553. The first kappa shape index (κ1) is 12.0. The minimum Gasteiger partial charge on any atom is -0.353 e. The van der Waals surface area contributed by atoms with Crippen LogP contribution in [0, 0.1) is 0 Å². The van der Waals surface area contributed by atoms with E-state index >= 15 is 0 Å². The summed E-state index contributed by atoms with van der Waals surface area (Å²) < 4.78 is 0. The zero-order valence-corrected chi connectivity index (χ0v) is 11.6. The highest BCUT2D eigenvalue weighted by molar-refractivity contribution is 6.31. The molecule has 1 unspecified atom stereocenters. The number of halogens is 1. The summed E-state index contributed by atoms with van der Waals surface area (Å²) in [4.78, 5) is 18.3. The predicted molar refractivity (Wildman–Crippen MR) is 81.7 cm³/mol. The predicted octanol–water partition coefficient (Wildman–Crippen LogP) is 2.74. The van der Waals surface area contributed by atoms with Crippen LogP contribution in [0.4, 0.5) is 0 Å². The van der Waals surface area contributed by atoms with Crippen molar-refractivity contribution in [1.82, 2.24) is 15.3 Å². The molecule has 4 nitrogen and oxygen atoms in total. The normalized spacial score (nSPS) is 19.1. The molecule has 1 saturated heterocycles. The number of nitrogens with one attached hydrogen (secondary N) is 3. The van der Waals surface area contributed by atoms with Gasteiger partial charge in [-0.25, -0.2) is 0 Å². The molecule has 1 fully saturated rings. The van der Waals surface area contributed by atoms with Crippen LogP contribution in [0.1, 0.15) is 17.9 Å². The Morgan fingerprint density at radius 1 is 1.15 bits per heavy atom. The van der Waals surface area contributed by atoms with Gasteiger partial charge in [-0.3, -0.25) is 4.79 Å². The van der Waals surface area contributed by atoms with Gasteiger partial charge >= 0.3 is 0 Å². The van der Waals surface area contributed by atoms with Gasteiger partial charge in [-0.05, 0) is 42.6 Å². The maximum absolute atomic E-state index is 12.0. The maximum atomic E-state index is 12.0. The van der Waals surface area contributed by atoms with Crippen molar-refractivity contribution in [2.75, 3.05) is 13.1 Å². The van der Waals surface area contributed by atoms with Gasteiger partial charge in [0.25, 0.3) is 0 Å². The summed E-state index contributed by atoms with van der Waals surface area (Å²) >= 11 is 6.07. The molecule has 3 aromatic rings. The molecule has 0 amide bonds. The van der Waals surface area contributed by atoms with Crippen LogP contribution in [0.15, 0.2) is 29.1 Å². The molecule has 0 saturated carbocycles. The molecule has 5 heteroatoms. The van der Waals surface area contributed by atoms with E-state index in [9.17, 15) is 4.79 Å². The van der Waals surface area contributed by atoms with Gasteiger partial charge in [0.2, 0.25) is 5.56 Å². The molecular formula is C15H14ClN3O. The average Bonchev–Trinajstić information content (AvgIpc) is 3.05. The zero-order chi connectivity index (χ0) is 13.7. The van der Waals surface area contributed by atoms with E-state index in [2.05, 4.69) is 15.3 Å². The lowest BCUT2D eigenvalue weighted by molar-refractivity contribution is 0.766. The Balaban J connectivity index is 2.09. The fraction of sp³-hybridized carbons (Fsp3) is 0.267. The molecule has 0 bridgehead atoms. The Morgan fingerprint density at radius 3 is 2.85 bits per heavy atom. The Hall–Kier alpha value is -1.78. The summed E-state index contributed by atoms with van der Waals surface area (Å²) in [5.41, 5.74) is 3.92. The van der Waals surface area contributed by atoms with Crippen molar-refractivity contribution in [3.05, 3.63) is 45.2 Å². The summed E-state index contributed by atoms with van der Waals surface area (Å²) in [6.45, 7) is 1.93. The third-order valence-corrected chi connectivity index (χ3v) is 4.32. The first-order chi connectivity index (χ1) is 9.72. The van der Waals surface area contributed by atoms with Gasteiger partial charge in [0.1, 0.15) is 0 Å². The minimum atomic E-state index is -0.0553. The Kier molecular flexibility index (Phi) is 2.62. The first-order valence-electron chi connectivity index (χ1n) is 6.77. The van der Waals surface area contributed by atoms with Crippen LogP contribution in [0.3, 0.4) is 0 Å². The molecule has 0 spiro atoms. The quantitative estimate of drug-likeness (QED) is 0.644. The third kappa shape index (κ3) is 1.76. The summed E-state index contributed by atoms with van der Waals surface area (Å²) in [6.07, 6.45) is 1.06. The van der Waals surface area contributed by atoms with Gasteiger partial charge in [0, 0.05) is 28.5 Å². The largest absolute Gasteiger partial charge is 0.353 e. The van der Waals surface area contributed by atoms with Crippen molar-refractivity contribution in [2.45, 2.75) is 12.3 Å². The van der Waals surface area contributed by atoms with E-state index in [1.807, 2.05) is 18.2 Å². The van der Waals surface area contributed by atoms with Crippen LogP contribution in [-0.2, 0) is 0 Å². The van der Waals surface area contributed by atoms with Gasteiger partial charge in [-0.2, -0.15) is 0 Å². The number of pyridine rings is 1. The van der Waals surface area contributed by atoms with Crippen molar-refractivity contribution in [3.63, 3.8) is 0 Å². The molecule has 0 aliphatic carbocycles. The van der Waals surface area contributed by atoms with Crippen LogP contribution in [0.2, 0.25) is 5.02 Å². The van der Waals surface area contributed by atoms with Gasteiger partial charge in [-0.1, -0.05) is 11.6 Å². The number of benzene rings is 1. The van der Waals surface area contributed by atoms with Crippen molar-refractivity contribution >= 4 is 33.5 Å². The van der Waals surface area contributed by atoms with Crippen LogP contribution >= 0.6 is 11.6 Å². The number of aromatic nitrogens is 2. The number of H-pyrrole nitrogens is 2. The maximum Gasteiger partial charge on any atom is 0.248 e. The third-order valence-electron chi connectivity index (χ3n) is 4.08. The number of hydrogen-bond acceptors (Lipinski definition) is 2. The molecular weight excluding hydrogens is 274 g/mol. The smallest absolute Gasteiger partial charge is 0.248 e. The second-order valence-corrected chi connectivity index (χ2v) is 5.78. The standard InChI is InChI=1S/C15H14ClN3O/c16-9-1-2-12-11(5-9)15-14(18-12)10(6-13(20)19-15)8-3-4-17-7-8/h1-2,5-6,8,17-18H,3-4,7H2,(H,19,20). The monoisotopic (exact) mass is 287 g/mol. The van der Waals surface area contributed by atoms with Crippen molar-refractivity contribution in [1.29, 1.82) is 0 Å². The van der Waals surface area contributed by atoms with Gasteiger partial charge in [0.05, 0.1) is 11.0 Å². The van der Waals surface area contributed by atoms with E-state index in [0.29, 0.717) is 10.9 Å². The van der Waals surface area contributed by atoms with Crippen molar-refractivity contribution < 1.29 is 0 Å². The van der Waals surface area contributed by atoms with E-state index in [4.69, 9.17) is 11.6 Å². The molecule has 2 aromatic heterocycles. The van der Waals surface area contributed by atoms with Gasteiger partial charge < -0.3 is 15.3 Å². The Labute approximate surface area is 120 Å². The SMILES string of the molecule is O=c1cc(C2CCNC2)c2[nH]c3ccc(Cl)cc3c2[nH]1. The lowest BCUT2D eigenvalue weighted by Gasteiger charge is -2.09. The van der Waals surface area contributed by atoms with Crippen molar-refractivity contribution in [2.24, 2.45) is 0 Å². The average molecular weight is 288 g/mol. The Morgan fingerprint density at radius 2 is 2.05 bits per heavy atom. The topological polar surface area (TPSA) is 60.7 Å². The molecule has 1 aliphatic heterocycles. The van der Waals surface area contributed by atoms with Crippen molar-refractivity contribution in [3.8, 4) is 0 Å². The Bertz CT molecular complexity index is 859. The highest BCUT2D eigenvalue weighted by atomic mass is 35.5. The fourth-order valence-electron chi connectivity index (χ4n) is 3.13. The molecule has 1 aliphatic rings. The molecule has 20 heavy (non-hydrogen) atoms. The highest BCUT2D eigenvalue weighted by Crippen LogP contribution is 2.32. The number of hydrogen-bond donors (Lipinski definition) is 3. The molecule has 1 atom stereocenters. The summed E-state index contributed by atoms with van der Waals surface area (Å²) in [5.74, 6) is 0.392. The number of aromatic amines is 2. The lowest BCUT2D eigenvalue weighted by atomic mass is 9.98. The van der Waals surface area contributed by atoms with Crippen LogP contribution in [-0.4, -0.2) is 23.1 Å². The van der Waals surface area contributed by atoms with Gasteiger partial charge in [0.15, 0.2) is 0 Å².